The molecule has 3 aromatic rings. The summed E-state index contributed by atoms with van der Waals surface area (Å²) in [6.45, 7) is 2.80. The van der Waals surface area contributed by atoms with Gasteiger partial charge in [-0.05, 0) is 37.6 Å². The van der Waals surface area contributed by atoms with Gasteiger partial charge >= 0.3 is 0 Å². The van der Waals surface area contributed by atoms with E-state index >= 15 is 0 Å². The van der Waals surface area contributed by atoms with Gasteiger partial charge < -0.3 is 10.2 Å². The van der Waals surface area contributed by atoms with Crippen molar-refractivity contribution in [2.45, 2.75) is 31.8 Å². The highest BCUT2D eigenvalue weighted by atomic mass is 16.2. The van der Waals surface area contributed by atoms with Crippen molar-refractivity contribution in [2.75, 3.05) is 11.4 Å². The zero-order chi connectivity index (χ0) is 17.2. The number of aromatic nitrogens is 3. The van der Waals surface area contributed by atoms with Crippen LogP contribution in [0.5, 0.6) is 0 Å². The van der Waals surface area contributed by atoms with Crippen molar-refractivity contribution in [3.63, 3.8) is 0 Å². The Kier molecular flexibility index (Phi) is 4.19. The second-order valence-electron chi connectivity index (χ2n) is 6.45. The predicted octanol–water partition coefficient (Wildman–Crippen LogP) is 2.58. The molecule has 0 radical (unpaired) electrons. The van der Waals surface area contributed by atoms with Crippen LogP contribution in [-0.4, -0.2) is 33.1 Å². The molecule has 2 atom stereocenters. The van der Waals surface area contributed by atoms with Gasteiger partial charge in [-0.3, -0.25) is 9.20 Å². The van der Waals surface area contributed by atoms with E-state index in [0.29, 0.717) is 6.42 Å². The Hall–Kier alpha value is -2.73. The number of rotatable bonds is 4. The number of anilines is 1. The second-order valence-corrected chi connectivity index (χ2v) is 6.45. The lowest BCUT2D eigenvalue weighted by molar-refractivity contribution is -0.120. The molecule has 1 aliphatic heterocycles. The van der Waals surface area contributed by atoms with Crippen LogP contribution in [0.25, 0.3) is 5.65 Å². The summed E-state index contributed by atoms with van der Waals surface area (Å²) in [5.41, 5.74) is 1.81. The lowest BCUT2D eigenvalue weighted by Crippen LogP contribution is -2.46. The van der Waals surface area contributed by atoms with E-state index in [0.717, 1.165) is 30.1 Å². The van der Waals surface area contributed by atoms with Crippen molar-refractivity contribution in [3.8, 4) is 0 Å². The number of amides is 1. The number of pyridine rings is 1. The van der Waals surface area contributed by atoms with Crippen LogP contribution in [0, 0.1) is 0 Å². The Morgan fingerprint density at radius 2 is 1.92 bits per heavy atom. The van der Waals surface area contributed by atoms with Crippen LogP contribution in [-0.2, 0) is 4.79 Å². The van der Waals surface area contributed by atoms with Gasteiger partial charge in [-0.1, -0.05) is 24.3 Å². The van der Waals surface area contributed by atoms with Crippen molar-refractivity contribution in [2.24, 2.45) is 0 Å². The maximum absolute atomic E-state index is 12.5. The minimum Gasteiger partial charge on any atom is -0.312 e. The Labute approximate surface area is 146 Å². The zero-order valence-corrected chi connectivity index (χ0v) is 14.2. The largest absolute Gasteiger partial charge is 0.312 e. The minimum absolute atomic E-state index is 0.0264. The summed E-state index contributed by atoms with van der Waals surface area (Å²) in [4.78, 5) is 14.4. The van der Waals surface area contributed by atoms with Crippen LogP contribution >= 0.6 is 0 Å². The topological polar surface area (TPSA) is 62.5 Å². The second kappa shape index (κ2) is 6.64. The molecule has 0 spiro atoms. The molecule has 0 bridgehead atoms. The van der Waals surface area contributed by atoms with E-state index in [-0.39, 0.29) is 18.0 Å². The van der Waals surface area contributed by atoms with Gasteiger partial charge in [0.25, 0.3) is 0 Å². The molecule has 1 saturated heterocycles. The van der Waals surface area contributed by atoms with E-state index < -0.39 is 0 Å². The van der Waals surface area contributed by atoms with E-state index in [9.17, 15) is 4.79 Å². The highest BCUT2D eigenvalue weighted by molar-refractivity contribution is 5.94. The molecule has 1 amide bonds. The van der Waals surface area contributed by atoms with Crippen LogP contribution in [0.15, 0.2) is 54.7 Å². The van der Waals surface area contributed by atoms with Crippen molar-refractivity contribution >= 4 is 17.2 Å². The Balaban J connectivity index is 1.43. The zero-order valence-electron chi connectivity index (χ0n) is 14.2. The highest BCUT2D eigenvalue weighted by Crippen LogP contribution is 2.22. The number of nitrogens with zero attached hydrogens (tertiary/aromatic N) is 4. The quantitative estimate of drug-likeness (QED) is 0.796. The first-order chi connectivity index (χ1) is 12.2. The maximum Gasteiger partial charge on any atom is 0.228 e. The van der Waals surface area contributed by atoms with Gasteiger partial charge in [0.15, 0.2) is 11.5 Å². The molecule has 1 aromatic carbocycles. The number of hydrogen-bond donors (Lipinski definition) is 1. The summed E-state index contributed by atoms with van der Waals surface area (Å²) in [5, 5.41) is 12.0. The number of piperidine rings is 1. The third-order valence-corrected chi connectivity index (χ3v) is 4.70. The SMILES string of the molecule is C[C@@H](N[C@H]1CCN(c2ccccc2)C(=O)C1)c1nnc2ccccn12. The number of para-hydroxylation sites is 1. The molecule has 4 rings (SSSR count). The Bertz CT molecular complexity index is 876. The van der Waals surface area contributed by atoms with Gasteiger partial charge in [0, 0.05) is 30.9 Å². The van der Waals surface area contributed by atoms with E-state index in [1.54, 1.807) is 0 Å². The molecule has 1 aliphatic rings. The first-order valence-electron chi connectivity index (χ1n) is 8.63. The highest BCUT2D eigenvalue weighted by Gasteiger charge is 2.28. The maximum atomic E-state index is 12.5. The average Bonchev–Trinajstić information content (AvgIpc) is 3.07. The van der Waals surface area contributed by atoms with E-state index in [4.69, 9.17) is 0 Å². The lowest BCUT2D eigenvalue weighted by atomic mass is 10.0. The van der Waals surface area contributed by atoms with Gasteiger partial charge in [0.1, 0.15) is 0 Å². The summed E-state index contributed by atoms with van der Waals surface area (Å²) in [5.74, 6) is 1.03. The smallest absolute Gasteiger partial charge is 0.228 e. The van der Waals surface area contributed by atoms with Gasteiger partial charge in [0.2, 0.25) is 5.91 Å². The molecular formula is C19H21N5O. The van der Waals surface area contributed by atoms with E-state index in [1.165, 1.54) is 0 Å². The third-order valence-electron chi connectivity index (χ3n) is 4.70. The minimum atomic E-state index is 0.0264. The number of carbonyl (C=O) groups is 1. The fourth-order valence-corrected chi connectivity index (χ4v) is 3.44. The van der Waals surface area contributed by atoms with Crippen LogP contribution in [0.1, 0.15) is 31.6 Å². The average molecular weight is 335 g/mol. The van der Waals surface area contributed by atoms with Gasteiger partial charge in [-0.15, -0.1) is 10.2 Å². The van der Waals surface area contributed by atoms with Crippen molar-refractivity contribution in [3.05, 3.63) is 60.6 Å². The number of nitrogens with one attached hydrogen (secondary N) is 1. The molecule has 0 saturated carbocycles. The van der Waals surface area contributed by atoms with E-state index in [1.807, 2.05) is 64.0 Å². The summed E-state index contributed by atoms with van der Waals surface area (Å²) in [7, 11) is 0. The first-order valence-corrected chi connectivity index (χ1v) is 8.63. The molecule has 3 heterocycles. The molecule has 6 nitrogen and oxygen atoms in total. The molecule has 1 N–H and O–H groups in total. The monoisotopic (exact) mass is 335 g/mol. The number of fused-ring (bicyclic) bond motifs is 1. The summed E-state index contributed by atoms with van der Waals surface area (Å²) >= 11 is 0. The summed E-state index contributed by atoms with van der Waals surface area (Å²) < 4.78 is 1.98. The molecule has 0 aliphatic carbocycles. The van der Waals surface area contributed by atoms with Gasteiger partial charge in [-0.2, -0.15) is 0 Å². The van der Waals surface area contributed by atoms with Crippen molar-refractivity contribution in [1.82, 2.24) is 19.9 Å². The summed E-state index contributed by atoms with van der Waals surface area (Å²) in [6, 6.07) is 15.9. The lowest BCUT2D eigenvalue weighted by Gasteiger charge is -2.33. The molecule has 1 fully saturated rings. The predicted molar refractivity (Wildman–Crippen MR) is 96.4 cm³/mol. The molecule has 2 aromatic heterocycles. The molecular weight excluding hydrogens is 314 g/mol. The van der Waals surface area contributed by atoms with Crippen LogP contribution in [0.3, 0.4) is 0 Å². The number of benzene rings is 1. The summed E-state index contributed by atoms with van der Waals surface area (Å²) in [6.07, 6.45) is 3.38. The van der Waals surface area contributed by atoms with Crippen molar-refractivity contribution < 1.29 is 4.79 Å². The standard InChI is InChI=1S/C19H21N5O/c1-14(19-22-21-17-9-5-6-11-24(17)19)20-15-10-12-23(18(25)13-15)16-7-3-2-4-8-16/h2-9,11,14-15,20H,10,12-13H2,1H3/t14-,15+/m1/s1. The first kappa shape index (κ1) is 15.8. The fourth-order valence-electron chi connectivity index (χ4n) is 3.44. The van der Waals surface area contributed by atoms with Crippen LogP contribution in [0.2, 0.25) is 0 Å². The Morgan fingerprint density at radius 1 is 1.12 bits per heavy atom. The molecule has 6 heteroatoms. The van der Waals surface area contributed by atoms with Crippen LogP contribution in [0.4, 0.5) is 5.69 Å². The van der Waals surface area contributed by atoms with Crippen LogP contribution < -0.4 is 10.2 Å². The van der Waals surface area contributed by atoms with Gasteiger partial charge in [0.05, 0.1) is 6.04 Å². The fraction of sp³-hybridized carbons (Fsp3) is 0.316. The van der Waals surface area contributed by atoms with Gasteiger partial charge in [-0.25, -0.2) is 0 Å². The van der Waals surface area contributed by atoms with Crippen molar-refractivity contribution in [1.29, 1.82) is 0 Å². The van der Waals surface area contributed by atoms with E-state index in [2.05, 4.69) is 22.4 Å². The Morgan fingerprint density at radius 3 is 2.72 bits per heavy atom. The molecule has 0 unspecified atom stereocenters. The number of carbonyl (C=O) groups excluding carboxylic acids is 1. The molecule has 25 heavy (non-hydrogen) atoms. The molecule has 128 valence electrons. The normalized spacial score (nSPS) is 19.3. The third kappa shape index (κ3) is 3.13. The number of hydrogen-bond acceptors (Lipinski definition) is 4.